The van der Waals surface area contributed by atoms with Crippen LogP contribution in [-0.2, 0) is 4.79 Å². The number of benzene rings is 1. The van der Waals surface area contributed by atoms with E-state index in [1.54, 1.807) is 6.07 Å². The lowest BCUT2D eigenvalue weighted by Gasteiger charge is -2.04. The number of rotatable bonds is 7. The molecule has 0 unspecified atom stereocenters. The summed E-state index contributed by atoms with van der Waals surface area (Å²) in [5.74, 6) is -0.737. The molecule has 0 heterocycles. The summed E-state index contributed by atoms with van der Waals surface area (Å²) in [6, 6.07) is 4.58. The first-order chi connectivity index (χ1) is 9.51. The maximum Gasteiger partial charge on any atom is 0.341 e. The summed E-state index contributed by atoms with van der Waals surface area (Å²) >= 11 is 11.3. The molecule has 1 aromatic carbocycles. The third-order valence-electron chi connectivity index (χ3n) is 1.82. The topological polar surface area (TPSA) is 58.6 Å². The van der Waals surface area contributed by atoms with Crippen molar-refractivity contribution >= 4 is 29.2 Å². The van der Waals surface area contributed by atoms with Crippen LogP contribution in [0.25, 0.3) is 0 Å². The largest absolute Gasteiger partial charge is 0.480 e. The fourth-order valence-electron chi connectivity index (χ4n) is 1.02. The molecule has 0 bridgehead atoms. The Kier molecular flexibility index (Phi) is 10.5. The Balaban J connectivity index is 0.000000441. The molecule has 20 heavy (non-hydrogen) atoms. The molecule has 0 saturated heterocycles. The van der Waals surface area contributed by atoms with E-state index in [2.05, 4.69) is 18.5 Å². The zero-order chi connectivity index (χ0) is 15.4. The Hall–Kier alpha value is -1.49. The van der Waals surface area contributed by atoms with Gasteiger partial charge in [0, 0.05) is 18.1 Å². The first-order valence-electron chi connectivity index (χ1n) is 5.73. The van der Waals surface area contributed by atoms with Crippen LogP contribution in [0.4, 0.5) is 0 Å². The van der Waals surface area contributed by atoms with Gasteiger partial charge in [-0.3, -0.25) is 0 Å². The number of halogens is 2. The van der Waals surface area contributed by atoms with Gasteiger partial charge in [-0.25, -0.2) is 4.79 Å². The van der Waals surface area contributed by atoms with E-state index in [0.717, 1.165) is 13.1 Å². The van der Waals surface area contributed by atoms with Crippen LogP contribution >= 0.6 is 23.2 Å². The van der Waals surface area contributed by atoms with E-state index in [4.69, 9.17) is 33.0 Å². The van der Waals surface area contributed by atoms with Crippen LogP contribution in [0.15, 0.2) is 43.5 Å². The number of hydrogen-bond acceptors (Lipinski definition) is 3. The number of carbonyl (C=O) groups is 1. The molecule has 0 spiro atoms. The normalized spacial score (nSPS) is 9.10. The number of carboxylic acid groups (broad SMARTS) is 1. The van der Waals surface area contributed by atoms with Crippen LogP contribution in [0, 0.1) is 0 Å². The fraction of sp³-hybridized carbons (Fsp3) is 0.214. The number of nitrogens with one attached hydrogen (secondary N) is 1. The molecule has 2 N–H and O–H groups in total. The highest BCUT2D eigenvalue weighted by Gasteiger charge is 2.04. The molecule has 0 aliphatic carbocycles. The summed E-state index contributed by atoms with van der Waals surface area (Å²) < 4.78 is 4.86. The molecule has 0 aliphatic rings. The maximum atomic E-state index is 10.2. The molecule has 0 aromatic heterocycles. The number of aliphatic carboxylic acids is 1. The molecular formula is C14H17Cl2NO3. The minimum absolute atomic E-state index is 0.300. The van der Waals surface area contributed by atoms with Crippen LogP contribution in [0.5, 0.6) is 5.75 Å². The molecular weight excluding hydrogens is 301 g/mol. The van der Waals surface area contributed by atoms with E-state index in [9.17, 15) is 4.79 Å². The molecule has 0 saturated carbocycles. The van der Waals surface area contributed by atoms with Gasteiger partial charge < -0.3 is 15.2 Å². The number of hydrogen-bond donors (Lipinski definition) is 2. The van der Waals surface area contributed by atoms with Crippen molar-refractivity contribution in [3.63, 3.8) is 0 Å². The van der Waals surface area contributed by atoms with Gasteiger partial charge in [-0.2, -0.15) is 0 Å². The monoisotopic (exact) mass is 317 g/mol. The molecule has 0 aliphatic heterocycles. The third kappa shape index (κ3) is 9.44. The van der Waals surface area contributed by atoms with Crippen molar-refractivity contribution in [2.45, 2.75) is 0 Å². The Morgan fingerprint density at radius 3 is 2.35 bits per heavy atom. The number of ether oxygens (including phenoxy) is 1. The second-order valence-corrected chi connectivity index (χ2v) is 4.34. The van der Waals surface area contributed by atoms with Crippen LogP contribution in [-0.4, -0.2) is 30.8 Å². The predicted octanol–water partition coefficient (Wildman–Crippen LogP) is 3.40. The summed E-state index contributed by atoms with van der Waals surface area (Å²) in [5, 5.41) is 12.2. The van der Waals surface area contributed by atoms with Crippen molar-refractivity contribution in [1.82, 2.24) is 5.32 Å². The van der Waals surface area contributed by atoms with Crippen LogP contribution in [0.1, 0.15) is 0 Å². The van der Waals surface area contributed by atoms with E-state index in [1.807, 2.05) is 12.2 Å². The SMILES string of the molecule is C=CCNCC=C.O=C(O)COc1ccc(Cl)cc1Cl. The van der Waals surface area contributed by atoms with Gasteiger partial charge >= 0.3 is 5.97 Å². The highest BCUT2D eigenvalue weighted by Crippen LogP contribution is 2.27. The zero-order valence-electron chi connectivity index (χ0n) is 10.9. The molecule has 6 heteroatoms. The molecule has 1 rings (SSSR count). The average Bonchev–Trinajstić information content (AvgIpc) is 2.39. The molecule has 0 fully saturated rings. The van der Waals surface area contributed by atoms with Crippen LogP contribution < -0.4 is 10.1 Å². The molecule has 1 aromatic rings. The van der Waals surface area contributed by atoms with E-state index in [-0.39, 0.29) is 0 Å². The Bertz CT molecular complexity index is 442. The van der Waals surface area contributed by atoms with Gasteiger partial charge in [0.05, 0.1) is 5.02 Å². The summed E-state index contributed by atoms with van der Waals surface area (Å²) in [6.45, 7) is 8.39. The van der Waals surface area contributed by atoms with Crippen LogP contribution in [0.3, 0.4) is 0 Å². The fourth-order valence-corrected chi connectivity index (χ4v) is 1.48. The van der Waals surface area contributed by atoms with Gasteiger partial charge in [-0.1, -0.05) is 35.4 Å². The van der Waals surface area contributed by atoms with Crippen molar-refractivity contribution in [2.24, 2.45) is 0 Å². The van der Waals surface area contributed by atoms with Crippen molar-refractivity contribution in [2.75, 3.05) is 19.7 Å². The van der Waals surface area contributed by atoms with Gasteiger partial charge in [0.2, 0.25) is 0 Å². The standard InChI is InChI=1S/C8H6Cl2O3.C6H11N/c9-5-1-2-7(6(10)3-5)13-4-8(11)12;1-3-5-7-6-4-2/h1-3H,4H2,(H,11,12);3-4,7H,1-2,5-6H2. The lowest BCUT2D eigenvalue weighted by atomic mass is 10.3. The van der Waals surface area contributed by atoms with Crippen molar-refractivity contribution in [1.29, 1.82) is 0 Å². The second-order valence-electron chi connectivity index (χ2n) is 3.49. The number of carboxylic acids is 1. The minimum Gasteiger partial charge on any atom is -0.480 e. The Morgan fingerprint density at radius 1 is 1.30 bits per heavy atom. The van der Waals surface area contributed by atoms with Crippen molar-refractivity contribution in [3.8, 4) is 5.75 Å². The van der Waals surface area contributed by atoms with Gasteiger partial charge in [-0.05, 0) is 18.2 Å². The first kappa shape index (κ1) is 18.5. The summed E-state index contributed by atoms with van der Waals surface area (Å²) in [7, 11) is 0. The molecule has 110 valence electrons. The van der Waals surface area contributed by atoms with Gasteiger partial charge in [0.15, 0.2) is 6.61 Å². The van der Waals surface area contributed by atoms with E-state index < -0.39 is 12.6 Å². The third-order valence-corrected chi connectivity index (χ3v) is 2.35. The van der Waals surface area contributed by atoms with Crippen LogP contribution in [0.2, 0.25) is 10.0 Å². The molecule has 4 nitrogen and oxygen atoms in total. The Morgan fingerprint density at radius 2 is 1.90 bits per heavy atom. The molecule has 0 radical (unpaired) electrons. The smallest absolute Gasteiger partial charge is 0.341 e. The van der Waals surface area contributed by atoms with Crippen molar-refractivity contribution in [3.05, 3.63) is 53.6 Å². The van der Waals surface area contributed by atoms with Crippen molar-refractivity contribution < 1.29 is 14.6 Å². The van der Waals surface area contributed by atoms with E-state index in [1.165, 1.54) is 12.1 Å². The molecule has 0 atom stereocenters. The molecule has 0 amide bonds. The average molecular weight is 318 g/mol. The summed E-state index contributed by atoms with van der Waals surface area (Å²) in [4.78, 5) is 10.2. The minimum atomic E-state index is -1.05. The highest BCUT2D eigenvalue weighted by molar-refractivity contribution is 6.35. The van der Waals surface area contributed by atoms with Gasteiger partial charge in [0.1, 0.15) is 5.75 Å². The lowest BCUT2D eigenvalue weighted by Crippen LogP contribution is -2.11. The van der Waals surface area contributed by atoms with E-state index >= 15 is 0 Å². The van der Waals surface area contributed by atoms with E-state index in [0.29, 0.717) is 15.8 Å². The highest BCUT2D eigenvalue weighted by atomic mass is 35.5. The van der Waals surface area contributed by atoms with Gasteiger partial charge in [-0.15, -0.1) is 13.2 Å². The first-order valence-corrected chi connectivity index (χ1v) is 6.49. The maximum absolute atomic E-state index is 10.2. The lowest BCUT2D eigenvalue weighted by molar-refractivity contribution is -0.139. The zero-order valence-corrected chi connectivity index (χ0v) is 12.5. The predicted molar refractivity (Wildman–Crippen MR) is 82.9 cm³/mol. The summed E-state index contributed by atoms with van der Waals surface area (Å²) in [5.41, 5.74) is 0. The Labute approximate surface area is 128 Å². The van der Waals surface area contributed by atoms with Gasteiger partial charge in [0.25, 0.3) is 0 Å². The quantitative estimate of drug-likeness (QED) is 0.597. The summed E-state index contributed by atoms with van der Waals surface area (Å²) in [6.07, 6.45) is 3.65. The second kappa shape index (κ2) is 11.3.